The first-order valence-electron chi connectivity index (χ1n) is 8.73. The number of fused-ring (bicyclic) bond motifs is 1. The number of H-pyrrole nitrogens is 1. The van der Waals surface area contributed by atoms with Crippen molar-refractivity contribution in [3.05, 3.63) is 52.5 Å². The molecule has 0 amide bonds. The maximum absolute atomic E-state index is 13.3. The summed E-state index contributed by atoms with van der Waals surface area (Å²) in [5, 5.41) is 0.538. The summed E-state index contributed by atoms with van der Waals surface area (Å²) in [5.41, 5.74) is -0.537. The van der Waals surface area contributed by atoms with Crippen molar-refractivity contribution in [2.45, 2.75) is 32.0 Å². The van der Waals surface area contributed by atoms with Gasteiger partial charge in [0, 0.05) is 18.5 Å². The number of nitrogens with one attached hydrogen (secondary N) is 1. The highest BCUT2D eigenvalue weighted by atomic mass is 19.4. The second-order valence-electron chi connectivity index (χ2n) is 6.69. The molecule has 142 valence electrons. The van der Waals surface area contributed by atoms with E-state index in [4.69, 9.17) is 0 Å². The molecule has 1 saturated heterocycles. The molecule has 2 aromatic heterocycles. The number of halogens is 3. The van der Waals surface area contributed by atoms with Gasteiger partial charge in [0.1, 0.15) is 5.82 Å². The number of hydrogen-bond donors (Lipinski definition) is 1. The zero-order chi connectivity index (χ0) is 19.2. The fourth-order valence-corrected chi connectivity index (χ4v) is 3.58. The van der Waals surface area contributed by atoms with Crippen LogP contribution < -0.4 is 10.6 Å². The number of anilines is 1. The van der Waals surface area contributed by atoms with Crippen molar-refractivity contribution >= 4 is 16.7 Å². The summed E-state index contributed by atoms with van der Waals surface area (Å²) in [6.45, 7) is 3.21. The number of nitrogens with zero attached hydrogens (tertiary/aromatic N) is 4. The van der Waals surface area contributed by atoms with Gasteiger partial charge < -0.3 is 9.88 Å². The minimum Gasteiger partial charge on any atom is -0.356 e. The van der Waals surface area contributed by atoms with Crippen LogP contribution in [0.2, 0.25) is 0 Å². The molecule has 1 aliphatic heterocycles. The normalized spacial score (nSPS) is 16.2. The fraction of sp³-hybridized carbons (Fsp3) is 0.389. The van der Waals surface area contributed by atoms with E-state index >= 15 is 0 Å². The van der Waals surface area contributed by atoms with Crippen LogP contribution >= 0.6 is 0 Å². The molecule has 27 heavy (non-hydrogen) atoms. The summed E-state index contributed by atoms with van der Waals surface area (Å²) in [4.78, 5) is 25.8. The Hall–Kier alpha value is -2.84. The first-order valence-corrected chi connectivity index (χ1v) is 8.73. The molecule has 0 saturated carbocycles. The lowest BCUT2D eigenvalue weighted by molar-refractivity contribution is -0.137. The molecule has 0 spiro atoms. The van der Waals surface area contributed by atoms with Crippen LogP contribution in [-0.2, 0) is 6.18 Å². The maximum atomic E-state index is 13.3. The average Bonchev–Trinajstić information content (AvgIpc) is 3.33. The molecule has 1 aromatic carbocycles. The average molecular weight is 377 g/mol. The van der Waals surface area contributed by atoms with Gasteiger partial charge in [0.15, 0.2) is 0 Å². The van der Waals surface area contributed by atoms with Crippen LogP contribution in [0.5, 0.6) is 0 Å². The summed E-state index contributed by atoms with van der Waals surface area (Å²) >= 11 is 0. The molecular formula is C18H18F3N5O. The van der Waals surface area contributed by atoms with Crippen molar-refractivity contribution < 1.29 is 13.2 Å². The Morgan fingerprint density at radius 1 is 1.22 bits per heavy atom. The van der Waals surface area contributed by atoms with Crippen LogP contribution in [0.15, 0.2) is 35.5 Å². The zero-order valence-corrected chi connectivity index (χ0v) is 14.6. The van der Waals surface area contributed by atoms with Gasteiger partial charge in [-0.25, -0.2) is 9.78 Å². The first kappa shape index (κ1) is 17.6. The molecule has 0 bridgehead atoms. The summed E-state index contributed by atoms with van der Waals surface area (Å²) in [6, 6.07) is 2.95. The molecule has 1 fully saturated rings. The van der Waals surface area contributed by atoms with Crippen LogP contribution in [0.4, 0.5) is 19.0 Å². The largest absolute Gasteiger partial charge is 0.416 e. The second-order valence-corrected chi connectivity index (χ2v) is 6.69. The van der Waals surface area contributed by atoms with Gasteiger partial charge in [-0.05, 0) is 38.0 Å². The minimum atomic E-state index is -4.50. The monoisotopic (exact) mass is 377 g/mol. The Morgan fingerprint density at radius 3 is 2.59 bits per heavy atom. The highest BCUT2D eigenvalue weighted by Gasteiger charge is 2.32. The summed E-state index contributed by atoms with van der Waals surface area (Å²) < 4.78 is 41.2. The lowest BCUT2D eigenvalue weighted by Crippen LogP contribution is -2.31. The fourth-order valence-electron chi connectivity index (χ4n) is 3.58. The van der Waals surface area contributed by atoms with E-state index in [-0.39, 0.29) is 5.52 Å². The molecule has 1 aliphatic rings. The van der Waals surface area contributed by atoms with E-state index in [2.05, 4.69) is 15.0 Å². The van der Waals surface area contributed by atoms with E-state index < -0.39 is 23.5 Å². The molecule has 9 heteroatoms. The van der Waals surface area contributed by atoms with Crippen LogP contribution in [0, 0.1) is 0 Å². The molecule has 0 radical (unpaired) electrons. The van der Waals surface area contributed by atoms with Crippen molar-refractivity contribution in [1.29, 1.82) is 0 Å². The van der Waals surface area contributed by atoms with E-state index in [1.807, 2.05) is 4.90 Å². The van der Waals surface area contributed by atoms with Crippen LogP contribution in [0.25, 0.3) is 10.9 Å². The van der Waals surface area contributed by atoms with E-state index in [0.717, 1.165) is 38.1 Å². The molecular weight excluding hydrogens is 359 g/mol. The van der Waals surface area contributed by atoms with Gasteiger partial charge in [0.25, 0.3) is 0 Å². The third kappa shape index (κ3) is 3.07. The molecule has 3 aromatic rings. The van der Waals surface area contributed by atoms with Gasteiger partial charge in [-0.3, -0.25) is 4.57 Å². The number of alkyl halides is 3. The van der Waals surface area contributed by atoms with Gasteiger partial charge >= 0.3 is 11.9 Å². The maximum Gasteiger partial charge on any atom is 0.416 e. The van der Waals surface area contributed by atoms with Crippen molar-refractivity contribution in [2.24, 2.45) is 0 Å². The lowest BCUT2D eigenvalue weighted by Gasteiger charge is -2.23. The Balaban J connectivity index is 1.99. The van der Waals surface area contributed by atoms with Crippen molar-refractivity contribution in [3.8, 4) is 0 Å². The van der Waals surface area contributed by atoms with Gasteiger partial charge in [0.05, 0.1) is 35.3 Å². The Kier molecular flexibility index (Phi) is 4.16. The van der Waals surface area contributed by atoms with E-state index in [1.54, 1.807) is 13.1 Å². The zero-order valence-electron chi connectivity index (χ0n) is 14.6. The van der Waals surface area contributed by atoms with Crippen LogP contribution in [0.1, 0.15) is 37.1 Å². The Bertz CT molecular complexity index is 1020. The SMILES string of the molecule is CC(c1cnc[nH]1)n1c(=O)nc(N2CCCC2)c2ccc(C(F)(F)F)cc21. The number of rotatable bonds is 3. The minimum absolute atomic E-state index is 0.217. The van der Waals surface area contributed by atoms with Crippen LogP contribution in [-0.4, -0.2) is 32.6 Å². The van der Waals surface area contributed by atoms with E-state index in [0.29, 0.717) is 16.9 Å². The smallest absolute Gasteiger partial charge is 0.356 e. The van der Waals surface area contributed by atoms with Gasteiger partial charge in [-0.15, -0.1) is 0 Å². The van der Waals surface area contributed by atoms with Gasteiger partial charge in [0.2, 0.25) is 0 Å². The predicted octanol–water partition coefficient (Wildman–Crippen LogP) is 3.35. The summed E-state index contributed by atoms with van der Waals surface area (Å²) in [7, 11) is 0. The summed E-state index contributed by atoms with van der Waals surface area (Å²) in [5.74, 6) is 0.453. The predicted molar refractivity (Wildman–Crippen MR) is 94.9 cm³/mol. The molecule has 1 N–H and O–H groups in total. The molecule has 4 rings (SSSR count). The Morgan fingerprint density at radius 2 is 1.96 bits per heavy atom. The summed E-state index contributed by atoms with van der Waals surface area (Å²) in [6.07, 6.45) is 0.454. The van der Waals surface area contributed by atoms with Crippen molar-refractivity contribution in [2.75, 3.05) is 18.0 Å². The van der Waals surface area contributed by atoms with Gasteiger partial charge in [-0.1, -0.05) is 0 Å². The van der Waals surface area contributed by atoms with Crippen molar-refractivity contribution in [1.82, 2.24) is 19.5 Å². The number of aromatic amines is 1. The first-order chi connectivity index (χ1) is 12.9. The topological polar surface area (TPSA) is 66.8 Å². The molecule has 1 unspecified atom stereocenters. The lowest BCUT2D eigenvalue weighted by atomic mass is 10.1. The molecule has 3 heterocycles. The third-order valence-corrected chi connectivity index (χ3v) is 5.00. The number of benzene rings is 1. The number of hydrogen-bond acceptors (Lipinski definition) is 4. The third-order valence-electron chi connectivity index (χ3n) is 5.00. The van der Waals surface area contributed by atoms with E-state index in [1.165, 1.54) is 17.0 Å². The highest BCUT2D eigenvalue weighted by Crippen LogP contribution is 2.34. The van der Waals surface area contributed by atoms with E-state index in [9.17, 15) is 18.0 Å². The van der Waals surface area contributed by atoms with Gasteiger partial charge in [-0.2, -0.15) is 18.2 Å². The molecule has 1 atom stereocenters. The Labute approximate surface area is 152 Å². The highest BCUT2D eigenvalue weighted by molar-refractivity contribution is 5.90. The standard InChI is InChI=1S/C18H18F3N5O/c1-11(14-9-22-10-23-14)26-15-8-12(18(19,20)21)4-5-13(15)16(24-17(26)27)25-6-2-3-7-25/h4-5,8-11H,2-3,6-7H2,1H3,(H,22,23). The number of aromatic nitrogens is 4. The number of imidazole rings is 1. The quantitative estimate of drug-likeness (QED) is 0.760. The van der Waals surface area contributed by atoms with Crippen molar-refractivity contribution in [3.63, 3.8) is 0 Å². The molecule has 0 aliphatic carbocycles. The second kappa shape index (κ2) is 6.40. The molecule has 6 nitrogen and oxygen atoms in total. The van der Waals surface area contributed by atoms with Crippen LogP contribution in [0.3, 0.4) is 0 Å².